The molecule has 3 aromatic heterocycles. The number of rotatable bonds is 8. The molecule has 0 spiro atoms. The summed E-state index contributed by atoms with van der Waals surface area (Å²) in [6.45, 7) is 8.42. The molecule has 0 amide bonds. The zero-order valence-corrected chi connectivity index (χ0v) is 17.8. The molecule has 0 radical (unpaired) electrons. The van der Waals surface area contributed by atoms with Crippen molar-refractivity contribution in [3.05, 3.63) is 65.9 Å². The van der Waals surface area contributed by atoms with E-state index in [0.717, 1.165) is 48.3 Å². The summed E-state index contributed by atoms with van der Waals surface area (Å²) in [5, 5.41) is 15.0. The topological polar surface area (TPSA) is 70.9 Å². The Morgan fingerprint density at radius 1 is 1.23 bits per heavy atom. The number of aromatic hydroxyl groups is 1. The number of fused-ring (bicyclic) bond motifs is 3. The summed E-state index contributed by atoms with van der Waals surface area (Å²) in [4.78, 5) is 16.0. The fourth-order valence-electron chi connectivity index (χ4n) is 3.89. The van der Waals surface area contributed by atoms with Crippen molar-refractivity contribution >= 4 is 27.4 Å². The van der Waals surface area contributed by atoms with Gasteiger partial charge in [-0.1, -0.05) is 31.4 Å². The number of thiophene rings is 1. The van der Waals surface area contributed by atoms with Crippen LogP contribution in [0.15, 0.2) is 55.4 Å². The number of nitrogens with zero attached hydrogens (tertiary/aromatic N) is 3. The molecule has 3 heterocycles. The molecule has 4 rings (SSSR count). The largest absolute Gasteiger partial charge is 0.506 e. The van der Waals surface area contributed by atoms with Gasteiger partial charge in [0.1, 0.15) is 16.4 Å². The van der Waals surface area contributed by atoms with E-state index in [0.29, 0.717) is 11.4 Å². The standard InChI is InChI=1S/C24H26N4OS/c1-3-8-16(4-2)9-7-13-26-23-21-18-10-5-6-11-20(18)30-24(21)28-22(27-23)17-12-14-25-15-19(17)29/h3-4,8,12,14-15,29H,1-2,5-7,9-11,13H2,(H,26,27,28)/b16-8+. The number of anilines is 1. The lowest BCUT2D eigenvalue weighted by atomic mass is 9.97. The van der Waals surface area contributed by atoms with Crippen LogP contribution in [0.5, 0.6) is 5.75 Å². The van der Waals surface area contributed by atoms with Gasteiger partial charge in [-0.05, 0) is 55.7 Å². The highest BCUT2D eigenvalue weighted by molar-refractivity contribution is 7.19. The van der Waals surface area contributed by atoms with Gasteiger partial charge in [0.25, 0.3) is 0 Å². The average molecular weight is 419 g/mol. The number of pyridine rings is 1. The van der Waals surface area contributed by atoms with Crippen molar-refractivity contribution in [2.24, 2.45) is 0 Å². The maximum Gasteiger partial charge on any atom is 0.166 e. The zero-order valence-electron chi connectivity index (χ0n) is 17.0. The predicted octanol–water partition coefficient (Wildman–Crippen LogP) is 5.83. The van der Waals surface area contributed by atoms with Crippen molar-refractivity contribution in [1.29, 1.82) is 0 Å². The predicted molar refractivity (Wildman–Crippen MR) is 125 cm³/mol. The van der Waals surface area contributed by atoms with Crippen LogP contribution in [0.1, 0.15) is 36.1 Å². The van der Waals surface area contributed by atoms with E-state index in [1.54, 1.807) is 29.7 Å². The molecule has 6 heteroatoms. The lowest BCUT2D eigenvalue weighted by Crippen LogP contribution is -2.07. The first-order valence-electron chi connectivity index (χ1n) is 10.3. The van der Waals surface area contributed by atoms with Crippen LogP contribution in [0, 0.1) is 0 Å². The second kappa shape index (κ2) is 9.22. The second-order valence-electron chi connectivity index (χ2n) is 7.39. The molecule has 154 valence electrons. The summed E-state index contributed by atoms with van der Waals surface area (Å²) >= 11 is 1.76. The van der Waals surface area contributed by atoms with Gasteiger partial charge in [-0.25, -0.2) is 9.97 Å². The van der Waals surface area contributed by atoms with Gasteiger partial charge in [-0.15, -0.1) is 11.3 Å². The molecule has 0 saturated heterocycles. The lowest BCUT2D eigenvalue weighted by molar-refractivity contribution is 0.474. The highest BCUT2D eigenvalue weighted by Gasteiger charge is 2.22. The van der Waals surface area contributed by atoms with Gasteiger partial charge in [0, 0.05) is 17.6 Å². The molecule has 5 nitrogen and oxygen atoms in total. The molecule has 0 saturated carbocycles. The molecule has 0 fully saturated rings. The molecule has 0 aliphatic heterocycles. The molecule has 0 bridgehead atoms. The summed E-state index contributed by atoms with van der Waals surface area (Å²) in [6.07, 6.45) is 15.3. The van der Waals surface area contributed by atoms with Crippen molar-refractivity contribution < 1.29 is 5.11 Å². The minimum absolute atomic E-state index is 0.0920. The van der Waals surface area contributed by atoms with Gasteiger partial charge in [0.05, 0.1) is 17.1 Å². The van der Waals surface area contributed by atoms with Crippen LogP contribution >= 0.6 is 11.3 Å². The highest BCUT2D eigenvalue weighted by atomic mass is 32.1. The van der Waals surface area contributed by atoms with E-state index in [1.165, 1.54) is 35.1 Å². The second-order valence-corrected chi connectivity index (χ2v) is 8.48. The van der Waals surface area contributed by atoms with Crippen molar-refractivity contribution in [3.8, 4) is 17.1 Å². The molecule has 0 aromatic carbocycles. The quantitative estimate of drug-likeness (QED) is 0.356. The Bertz CT molecular complexity index is 1120. The van der Waals surface area contributed by atoms with Gasteiger partial charge < -0.3 is 10.4 Å². The summed E-state index contributed by atoms with van der Waals surface area (Å²) in [5.74, 6) is 1.48. The van der Waals surface area contributed by atoms with E-state index in [9.17, 15) is 5.11 Å². The fourth-order valence-corrected chi connectivity index (χ4v) is 5.15. The third-order valence-corrected chi connectivity index (χ3v) is 6.57. The molecular formula is C24H26N4OS. The van der Waals surface area contributed by atoms with E-state index >= 15 is 0 Å². The van der Waals surface area contributed by atoms with Crippen molar-refractivity contribution in [3.63, 3.8) is 0 Å². The normalized spacial score (nSPS) is 13.8. The van der Waals surface area contributed by atoms with Gasteiger partial charge in [0.15, 0.2) is 5.82 Å². The van der Waals surface area contributed by atoms with Gasteiger partial charge >= 0.3 is 0 Å². The molecule has 1 aliphatic carbocycles. The van der Waals surface area contributed by atoms with E-state index in [1.807, 2.05) is 12.2 Å². The van der Waals surface area contributed by atoms with E-state index in [2.05, 4.69) is 23.5 Å². The smallest absolute Gasteiger partial charge is 0.166 e. The van der Waals surface area contributed by atoms with Crippen LogP contribution in [-0.2, 0) is 12.8 Å². The molecule has 1 aliphatic rings. The summed E-state index contributed by atoms with van der Waals surface area (Å²) in [5.41, 5.74) is 3.17. The SMILES string of the molecule is C=C/C=C(\C=C)CCCNc1nc(-c2ccncc2O)nc2sc3c(c12)CCCC3. The number of hydrogen-bond acceptors (Lipinski definition) is 6. The van der Waals surface area contributed by atoms with Crippen molar-refractivity contribution in [2.45, 2.75) is 38.5 Å². The summed E-state index contributed by atoms with van der Waals surface area (Å²) in [6, 6.07) is 1.75. The Kier molecular flexibility index (Phi) is 6.23. The molecule has 3 aromatic rings. The monoisotopic (exact) mass is 418 g/mol. The first-order valence-corrected chi connectivity index (χ1v) is 11.2. The number of aromatic nitrogens is 3. The highest BCUT2D eigenvalue weighted by Crippen LogP contribution is 2.40. The van der Waals surface area contributed by atoms with Crippen LogP contribution in [-0.4, -0.2) is 26.6 Å². The molecule has 30 heavy (non-hydrogen) atoms. The Morgan fingerprint density at radius 2 is 2.10 bits per heavy atom. The van der Waals surface area contributed by atoms with Crippen molar-refractivity contribution in [1.82, 2.24) is 15.0 Å². The first-order chi connectivity index (χ1) is 14.7. The molecule has 2 N–H and O–H groups in total. The van der Waals surface area contributed by atoms with Crippen LogP contribution in [0.3, 0.4) is 0 Å². The molecule has 0 atom stereocenters. The summed E-state index contributed by atoms with van der Waals surface area (Å²) in [7, 11) is 0. The third kappa shape index (κ3) is 4.14. The number of allylic oxidation sites excluding steroid dienone is 4. The Hall–Kier alpha value is -2.99. The van der Waals surface area contributed by atoms with Crippen LogP contribution in [0.2, 0.25) is 0 Å². The maximum absolute atomic E-state index is 10.3. The van der Waals surface area contributed by atoms with Crippen LogP contribution in [0.4, 0.5) is 5.82 Å². The minimum atomic E-state index is 0.0920. The third-order valence-electron chi connectivity index (χ3n) is 5.38. The van der Waals surface area contributed by atoms with Gasteiger partial charge in [0.2, 0.25) is 0 Å². The lowest BCUT2D eigenvalue weighted by Gasteiger charge is -2.14. The number of hydrogen-bond donors (Lipinski definition) is 2. The first kappa shape index (κ1) is 20.3. The van der Waals surface area contributed by atoms with Crippen LogP contribution in [0.25, 0.3) is 21.6 Å². The van der Waals surface area contributed by atoms with Crippen molar-refractivity contribution in [2.75, 3.05) is 11.9 Å². The summed E-state index contributed by atoms with van der Waals surface area (Å²) < 4.78 is 0. The Balaban J connectivity index is 1.68. The van der Waals surface area contributed by atoms with E-state index in [4.69, 9.17) is 9.97 Å². The molecule has 0 unspecified atom stereocenters. The van der Waals surface area contributed by atoms with Gasteiger partial charge in [-0.2, -0.15) is 0 Å². The average Bonchev–Trinajstić information content (AvgIpc) is 3.14. The van der Waals surface area contributed by atoms with E-state index in [-0.39, 0.29) is 5.75 Å². The Morgan fingerprint density at radius 3 is 2.90 bits per heavy atom. The minimum Gasteiger partial charge on any atom is -0.506 e. The Labute approximate surface area is 180 Å². The molecular weight excluding hydrogens is 392 g/mol. The fraction of sp³-hybridized carbons (Fsp3) is 0.292. The zero-order chi connectivity index (χ0) is 20.9. The number of aryl methyl sites for hydroxylation is 2. The number of nitrogens with one attached hydrogen (secondary N) is 1. The van der Waals surface area contributed by atoms with Crippen LogP contribution < -0.4 is 5.32 Å². The van der Waals surface area contributed by atoms with E-state index < -0.39 is 0 Å². The van der Waals surface area contributed by atoms with Gasteiger partial charge in [-0.3, -0.25) is 4.98 Å². The maximum atomic E-state index is 10.3.